The molecule has 0 saturated carbocycles. The zero-order chi connectivity index (χ0) is 17.0. The number of aliphatic hydroxyl groups excluding tert-OH is 1. The van der Waals surface area contributed by atoms with Crippen molar-refractivity contribution in [2.24, 2.45) is 5.41 Å². The third-order valence-corrected chi connectivity index (χ3v) is 4.14. The van der Waals surface area contributed by atoms with E-state index < -0.39 is 0 Å². The number of rotatable bonds is 6. The van der Waals surface area contributed by atoms with E-state index in [4.69, 9.17) is 16.3 Å². The molecule has 1 aromatic heterocycles. The lowest BCUT2D eigenvalue weighted by atomic mass is 9.87. The van der Waals surface area contributed by atoms with E-state index in [0.29, 0.717) is 41.8 Å². The van der Waals surface area contributed by atoms with Crippen LogP contribution < -0.4 is 10.6 Å². The van der Waals surface area contributed by atoms with Crippen molar-refractivity contribution in [3.63, 3.8) is 0 Å². The number of nitrogens with one attached hydrogen (secondary N) is 2. The standard InChI is InChI=1S/C17H18ClN3O3/c18-13-2-1-3-14(6-13)21-16(23)12-4-5-15(19-7-12)20-8-17(9-22)10-24-11-17/h1-7,22H,8-11H2,(H,19,20)(H,21,23). The van der Waals surface area contributed by atoms with Crippen LogP contribution in [-0.2, 0) is 4.74 Å². The van der Waals surface area contributed by atoms with Gasteiger partial charge in [-0.1, -0.05) is 17.7 Å². The van der Waals surface area contributed by atoms with E-state index in [1.807, 2.05) is 0 Å². The minimum atomic E-state index is -0.254. The summed E-state index contributed by atoms with van der Waals surface area (Å²) >= 11 is 5.90. The fraction of sp³-hybridized carbons (Fsp3) is 0.294. The number of benzene rings is 1. The van der Waals surface area contributed by atoms with Crippen LogP contribution in [-0.4, -0.2) is 42.4 Å². The Kier molecular flexibility index (Phi) is 4.99. The Morgan fingerprint density at radius 2 is 2.17 bits per heavy atom. The molecule has 0 unspecified atom stereocenters. The maximum Gasteiger partial charge on any atom is 0.257 e. The summed E-state index contributed by atoms with van der Waals surface area (Å²) in [5.74, 6) is 0.393. The molecule has 126 valence electrons. The summed E-state index contributed by atoms with van der Waals surface area (Å²) in [6.07, 6.45) is 1.51. The molecule has 24 heavy (non-hydrogen) atoms. The van der Waals surface area contributed by atoms with Crippen LogP contribution in [0.4, 0.5) is 11.5 Å². The van der Waals surface area contributed by atoms with Crippen molar-refractivity contribution >= 4 is 29.0 Å². The zero-order valence-electron chi connectivity index (χ0n) is 13.0. The minimum Gasteiger partial charge on any atom is -0.396 e. The molecule has 0 bridgehead atoms. The average molecular weight is 348 g/mol. The smallest absolute Gasteiger partial charge is 0.257 e. The maximum atomic E-state index is 12.2. The van der Waals surface area contributed by atoms with Crippen molar-refractivity contribution in [1.29, 1.82) is 0 Å². The molecule has 0 spiro atoms. The zero-order valence-corrected chi connectivity index (χ0v) is 13.7. The van der Waals surface area contributed by atoms with Gasteiger partial charge in [0.25, 0.3) is 5.91 Å². The number of amides is 1. The number of carbonyl (C=O) groups excluding carboxylic acids is 1. The number of anilines is 2. The molecular formula is C17H18ClN3O3. The second-order valence-electron chi connectivity index (χ2n) is 5.90. The third-order valence-electron chi connectivity index (χ3n) is 3.90. The van der Waals surface area contributed by atoms with Crippen molar-refractivity contribution in [3.05, 3.63) is 53.2 Å². The van der Waals surface area contributed by atoms with E-state index in [0.717, 1.165) is 0 Å². The van der Waals surface area contributed by atoms with Gasteiger partial charge >= 0.3 is 0 Å². The minimum absolute atomic E-state index is 0.0696. The highest BCUT2D eigenvalue weighted by atomic mass is 35.5. The molecule has 0 radical (unpaired) electrons. The number of hydrogen-bond donors (Lipinski definition) is 3. The second kappa shape index (κ2) is 7.17. The highest BCUT2D eigenvalue weighted by Crippen LogP contribution is 2.26. The molecule has 3 rings (SSSR count). The molecular weight excluding hydrogens is 330 g/mol. The maximum absolute atomic E-state index is 12.2. The van der Waals surface area contributed by atoms with Gasteiger partial charge < -0.3 is 20.5 Å². The number of nitrogens with zero attached hydrogens (tertiary/aromatic N) is 1. The Morgan fingerprint density at radius 1 is 1.33 bits per heavy atom. The van der Waals surface area contributed by atoms with Crippen LogP contribution in [0.3, 0.4) is 0 Å². The predicted octanol–water partition coefficient (Wildman–Crippen LogP) is 2.41. The van der Waals surface area contributed by atoms with Crippen molar-refractivity contribution in [2.75, 3.05) is 37.0 Å². The Hall–Kier alpha value is -2.15. The first-order valence-electron chi connectivity index (χ1n) is 7.56. The number of hydrogen-bond acceptors (Lipinski definition) is 5. The second-order valence-corrected chi connectivity index (χ2v) is 6.34. The normalized spacial score (nSPS) is 15.4. The summed E-state index contributed by atoms with van der Waals surface area (Å²) < 4.78 is 5.15. The van der Waals surface area contributed by atoms with Crippen LogP contribution >= 0.6 is 11.6 Å². The molecule has 2 aromatic rings. The largest absolute Gasteiger partial charge is 0.396 e. The van der Waals surface area contributed by atoms with Crippen LogP contribution in [0.5, 0.6) is 0 Å². The molecule has 1 amide bonds. The first-order valence-corrected chi connectivity index (χ1v) is 7.93. The fourth-order valence-corrected chi connectivity index (χ4v) is 2.51. The topological polar surface area (TPSA) is 83.5 Å². The van der Waals surface area contributed by atoms with Crippen molar-refractivity contribution in [2.45, 2.75) is 0 Å². The van der Waals surface area contributed by atoms with Gasteiger partial charge in [0.1, 0.15) is 5.82 Å². The average Bonchev–Trinajstić information content (AvgIpc) is 2.55. The number of halogens is 1. The quantitative estimate of drug-likeness (QED) is 0.747. The van der Waals surface area contributed by atoms with Crippen LogP contribution in [0, 0.1) is 5.41 Å². The number of carbonyl (C=O) groups is 1. The number of aromatic nitrogens is 1. The number of aliphatic hydroxyl groups is 1. The molecule has 7 heteroatoms. The highest BCUT2D eigenvalue weighted by molar-refractivity contribution is 6.30. The van der Waals surface area contributed by atoms with E-state index in [2.05, 4.69) is 15.6 Å². The summed E-state index contributed by atoms with van der Waals surface area (Å²) in [5.41, 5.74) is 0.846. The molecule has 2 heterocycles. The van der Waals surface area contributed by atoms with E-state index in [1.165, 1.54) is 6.20 Å². The summed E-state index contributed by atoms with van der Waals surface area (Å²) in [4.78, 5) is 16.4. The van der Waals surface area contributed by atoms with Gasteiger partial charge in [-0.05, 0) is 30.3 Å². The van der Waals surface area contributed by atoms with Crippen molar-refractivity contribution < 1.29 is 14.6 Å². The summed E-state index contributed by atoms with van der Waals surface area (Å²) in [6.45, 7) is 1.72. The highest BCUT2D eigenvalue weighted by Gasteiger charge is 2.37. The molecule has 1 aromatic carbocycles. The van der Waals surface area contributed by atoms with Crippen LogP contribution in [0.25, 0.3) is 0 Å². The number of pyridine rings is 1. The molecule has 1 aliphatic heterocycles. The monoisotopic (exact) mass is 347 g/mol. The van der Waals surface area contributed by atoms with Gasteiger partial charge in [0, 0.05) is 23.5 Å². The Balaban J connectivity index is 1.58. The van der Waals surface area contributed by atoms with Gasteiger partial charge in [-0.15, -0.1) is 0 Å². The Morgan fingerprint density at radius 3 is 2.75 bits per heavy atom. The van der Waals surface area contributed by atoms with Gasteiger partial charge in [-0.3, -0.25) is 4.79 Å². The van der Waals surface area contributed by atoms with Crippen LogP contribution in [0.2, 0.25) is 5.02 Å². The van der Waals surface area contributed by atoms with Gasteiger partial charge in [0.05, 0.1) is 30.8 Å². The SMILES string of the molecule is O=C(Nc1cccc(Cl)c1)c1ccc(NCC2(CO)COC2)nc1. The molecule has 0 aliphatic carbocycles. The lowest BCUT2D eigenvalue weighted by Gasteiger charge is -2.39. The fourth-order valence-electron chi connectivity index (χ4n) is 2.32. The Labute approximate surface area is 144 Å². The first kappa shape index (κ1) is 16.7. The summed E-state index contributed by atoms with van der Waals surface area (Å²) in [7, 11) is 0. The molecule has 1 aliphatic rings. The van der Waals surface area contributed by atoms with Crippen LogP contribution in [0.15, 0.2) is 42.6 Å². The molecule has 1 fully saturated rings. The molecule has 1 saturated heterocycles. The van der Waals surface area contributed by atoms with Gasteiger partial charge in [0.2, 0.25) is 0 Å². The van der Waals surface area contributed by atoms with E-state index >= 15 is 0 Å². The lowest BCUT2D eigenvalue weighted by molar-refractivity contribution is -0.128. The molecule has 3 N–H and O–H groups in total. The lowest BCUT2D eigenvalue weighted by Crippen LogP contribution is -2.50. The third kappa shape index (κ3) is 3.84. The molecule has 6 nitrogen and oxygen atoms in total. The summed E-state index contributed by atoms with van der Waals surface area (Å²) in [6, 6.07) is 10.4. The van der Waals surface area contributed by atoms with E-state index in [9.17, 15) is 9.90 Å². The van der Waals surface area contributed by atoms with Gasteiger partial charge in [-0.2, -0.15) is 0 Å². The first-order chi connectivity index (χ1) is 11.6. The van der Waals surface area contributed by atoms with Crippen molar-refractivity contribution in [1.82, 2.24) is 4.98 Å². The Bertz CT molecular complexity index is 712. The molecule has 0 atom stereocenters. The van der Waals surface area contributed by atoms with Gasteiger partial charge in [0.15, 0.2) is 0 Å². The van der Waals surface area contributed by atoms with E-state index in [1.54, 1.807) is 36.4 Å². The van der Waals surface area contributed by atoms with Gasteiger partial charge in [-0.25, -0.2) is 4.98 Å². The predicted molar refractivity (Wildman–Crippen MR) is 92.5 cm³/mol. The van der Waals surface area contributed by atoms with E-state index in [-0.39, 0.29) is 17.9 Å². The summed E-state index contributed by atoms with van der Waals surface area (Å²) in [5, 5.41) is 15.9. The van der Waals surface area contributed by atoms with Crippen molar-refractivity contribution in [3.8, 4) is 0 Å². The van der Waals surface area contributed by atoms with Crippen LogP contribution in [0.1, 0.15) is 10.4 Å². The number of ether oxygens (including phenoxy) is 1.